The standard InChI is InChI=1S/C19H22N2O/c1-14(18-12-20-13-18)19(22)21-11-15-7-9-17(10-8-15)16-5-3-2-4-6-16/h2-10,14,18,20H,11-13H2,1H3,(H,21,22). The number of rotatable bonds is 5. The van der Waals surface area contributed by atoms with Gasteiger partial charge in [0.1, 0.15) is 0 Å². The molecule has 1 unspecified atom stereocenters. The number of hydrogen-bond donors (Lipinski definition) is 2. The van der Waals surface area contributed by atoms with E-state index in [1.807, 2.05) is 25.1 Å². The Kier molecular flexibility index (Phi) is 4.54. The summed E-state index contributed by atoms with van der Waals surface area (Å²) in [5.41, 5.74) is 3.54. The summed E-state index contributed by atoms with van der Waals surface area (Å²) in [6.07, 6.45) is 0. The van der Waals surface area contributed by atoms with Gasteiger partial charge in [0, 0.05) is 12.5 Å². The third-order valence-corrected chi connectivity index (χ3v) is 4.46. The largest absolute Gasteiger partial charge is 0.352 e. The minimum absolute atomic E-state index is 0.0878. The first-order valence-corrected chi connectivity index (χ1v) is 7.87. The van der Waals surface area contributed by atoms with Gasteiger partial charge in [-0.3, -0.25) is 4.79 Å². The number of amides is 1. The number of carbonyl (C=O) groups is 1. The third kappa shape index (κ3) is 3.37. The zero-order valence-corrected chi connectivity index (χ0v) is 12.9. The zero-order chi connectivity index (χ0) is 15.4. The first kappa shape index (κ1) is 14.8. The molecule has 1 heterocycles. The van der Waals surface area contributed by atoms with Crippen molar-refractivity contribution in [1.82, 2.24) is 10.6 Å². The molecule has 1 aliphatic rings. The Labute approximate surface area is 131 Å². The topological polar surface area (TPSA) is 41.1 Å². The summed E-state index contributed by atoms with van der Waals surface area (Å²) >= 11 is 0. The van der Waals surface area contributed by atoms with Crippen LogP contribution in [0.4, 0.5) is 0 Å². The second-order valence-electron chi connectivity index (χ2n) is 5.99. The van der Waals surface area contributed by atoms with Crippen molar-refractivity contribution in [1.29, 1.82) is 0 Å². The van der Waals surface area contributed by atoms with E-state index in [0.717, 1.165) is 18.7 Å². The van der Waals surface area contributed by atoms with E-state index in [2.05, 4.69) is 47.0 Å². The van der Waals surface area contributed by atoms with Crippen LogP contribution >= 0.6 is 0 Å². The van der Waals surface area contributed by atoms with Crippen molar-refractivity contribution in [2.24, 2.45) is 11.8 Å². The van der Waals surface area contributed by atoms with Crippen LogP contribution in [0.1, 0.15) is 12.5 Å². The molecule has 0 spiro atoms. The molecule has 1 fully saturated rings. The summed E-state index contributed by atoms with van der Waals surface area (Å²) in [6, 6.07) is 18.7. The van der Waals surface area contributed by atoms with Gasteiger partial charge in [0.05, 0.1) is 0 Å². The fourth-order valence-electron chi connectivity index (χ4n) is 2.67. The smallest absolute Gasteiger partial charge is 0.223 e. The Balaban J connectivity index is 1.56. The van der Waals surface area contributed by atoms with Gasteiger partial charge < -0.3 is 10.6 Å². The summed E-state index contributed by atoms with van der Waals surface area (Å²) in [5, 5.41) is 6.25. The van der Waals surface area contributed by atoms with Crippen molar-refractivity contribution in [3.05, 3.63) is 60.2 Å². The van der Waals surface area contributed by atoms with Crippen LogP contribution in [0.5, 0.6) is 0 Å². The first-order valence-electron chi connectivity index (χ1n) is 7.87. The molecule has 2 aromatic carbocycles. The minimum atomic E-state index is 0.0878. The lowest BCUT2D eigenvalue weighted by Crippen LogP contribution is -2.49. The molecule has 0 saturated carbocycles. The van der Waals surface area contributed by atoms with Crippen molar-refractivity contribution in [3.8, 4) is 11.1 Å². The molecule has 0 aromatic heterocycles. The average Bonchev–Trinajstić information content (AvgIpc) is 2.52. The van der Waals surface area contributed by atoms with Gasteiger partial charge in [-0.25, -0.2) is 0 Å². The Morgan fingerprint density at radius 1 is 1.09 bits per heavy atom. The lowest BCUT2D eigenvalue weighted by atomic mass is 9.88. The van der Waals surface area contributed by atoms with E-state index in [0.29, 0.717) is 12.5 Å². The molecule has 0 aliphatic carbocycles. The van der Waals surface area contributed by atoms with Gasteiger partial charge in [-0.15, -0.1) is 0 Å². The van der Waals surface area contributed by atoms with Crippen LogP contribution in [0.3, 0.4) is 0 Å². The molecular weight excluding hydrogens is 272 g/mol. The Morgan fingerprint density at radius 2 is 1.73 bits per heavy atom. The van der Waals surface area contributed by atoms with Gasteiger partial charge in [-0.05, 0) is 35.7 Å². The number of carbonyl (C=O) groups excluding carboxylic acids is 1. The van der Waals surface area contributed by atoms with Gasteiger partial charge >= 0.3 is 0 Å². The van der Waals surface area contributed by atoms with Gasteiger partial charge in [0.15, 0.2) is 0 Å². The maximum absolute atomic E-state index is 12.1. The van der Waals surface area contributed by atoms with Crippen LogP contribution in [0.25, 0.3) is 11.1 Å². The molecule has 3 heteroatoms. The lowest BCUT2D eigenvalue weighted by molar-refractivity contribution is -0.126. The molecule has 3 rings (SSSR count). The van der Waals surface area contributed by atoms with Crippen molar-refractivity contribution < 1.29 is 4.79 Å². The van der Waals surface area contributed by atoms with Crippen LogP contribution in [-0.4, -0.2) is 19.0 Å². The summed E-state index contributed by atoms with van der Waals surface area (Å²) in [7, 11) is 0. The van der Waals surface area contributed by atoms with E-state index >= 15 is 0 Å². The predicted molar refractivity (Wildman–Crippen MR) is 89.2 cm³/mol. The van der Waals surface area contributed by atoms with Gasteiger partial charge in [-0.2, -0.15) is 0 Å². The fourth-order valence-corrected chi connectivity index (χ4v) is 2.67. The van der Waals surface area contributed by atoms with E-state index in [9.17, 15) is 4.79 Å². The molecule has 1 amide bonds. The third-order valence-electron chi connectivity index (χ3n) is 4.46. The molecule has 3 nitrogen and oxygen atoms in total. The molecule has 1 aliphatic heterocycles. The molecule has 2 aromatic rings. The van der Waals surface area contributed by atoms with Crippen molar-refractivity contribution in [2.75, 3.05) is 13.1 Å². The molecule has 1 saturated heterocycles. The van der Waals surface area contributed by atoms with Crippen LogP contribution in [0.2, 0.25) is 0 Å². The SMILES string of the molecule is CC(C(=O)NCc1ccc(-c2ccccc2)cc1)C1CNC1. The van der Waals surface area contributed by atoms with E-state index in [4.69, 9.17) is 0 Å². The predicted octanol–water partition coefficient (Wildman–Crippen LogP) is 2.83. The molecule has 1 atom stereocenters. The quantitative estimate of drug-likeness (QED) is 0.890. The summed E-state index contributed by atoms with van der Waals surface area (Å²) in [5.74, 6) is 0.726. The van der Waals surface area contributed by atoms with Crippen LogP contribution in [0.15, 0.2) is 54.6 Å². The molecule has 114 valence electrons. The van der Waals surface area contributed by atoms with Gasteiger partial charge in [0.25, 0.3) is 0 Å². The van der Waals surface area contributed by atoms with Crippen LogP contribution in [0, 0.1) is 11.8 Å². The van der Waals surface area contributed by atoms with E-state index in [1.165, 1.54) is 11.1 Å². The minimum Gasteiger partial charge on any atom is -0.352 e. The number of benzene rings is 2. The monoisotopic (exact) mass is 294 g/mol. The van der Waals surface area contributed by atoms with Crippen molar-refractivity contribution in [2.45, 2.75) is 13.5 Å². The highest BCUT2D eigenvalue weighted by molar-refractivity contribution is 5.78. The summed E-state index contributed by atoms with van der Waals surface area (Å²) < 4.78 is 0. The maximum Gasteiger partial charge on any atom is 0.223 e. The maximum atomic E-state index is 12.1. The highest BCUT2D eigenvalue weighted by Crippen LogP contribution is 2.19. The number of hydrogen-bond acceptors (Lipinski definition) is 2. The van der Waals surface area contributed by atoms with Crippen molar-refractivity contribution >= 4 is 5.91 Å². The van der Waals surface area contributed by atoms with E-state index in [1.54, 1.807) is 0 Å². The Hall–Kier alpha value is -2.13. The Bertz CT molecular complexity index is 618. The molecule has 0 bridgehead atoms. The lowest BCUT2D eigenvalue weighted by Gasteiger charge is -2.31. The van der Waals surface area contributed by atoms with Gasteiger partial charge in [-0.1, -0.05) is 61.5 Å². The van der Waals surface area contributed by atoms with Gasteiger partial charge in [0.2, 0.25) is 5.91 Å². The molecule has 22 heavy (non-hydrogen) atoms. The fraction of sp³-hybridized carbons (Fsp3) is 0.316. The molecule has 0 radical (unpaired) electrons. The number of nitrogens with one attached hydrogen (secondary N) is 2. The highest BCUT2D eigenvalue weighted by atomic mass is 16.1. The van der Waals surface area contributed by atoms with E-state index < -0.39 is 0 Å². The molecular formula is C19H22N2O. The second-order valence-corrected chi connectivity index (χ2v) is 5.99. The zero-order valence-electron chi connectivity index (χ0n) is 12.9. The van der Waals surface area contributed by atoms with E-state index in [-0.39, 0.29) is 11.8 Å². The van der Waals surface area contributed by atoms with Crippen LogP contribution in [-0.2, 0) is 11.3 Å². The van der Waals surface area contributed by atoms with Crippen molar-refractivity contribution in [3.63, 3.8) is 0 Å². The summed E-state index contributed by atoms with van der Waals surface area (Å²) in [4.78, 5) is 12.1. The normalized spacial score (nSPS) is 15.9. The summed E-state index contributed by atoms with van der Waals surface area (Å²) in [6.45, 7) is 4.53. The second kappa shape index (κ2) is 6.75. The molecule has 2 N–H and O–H groups in total. The Morgan fingerprint density at radius 3 is 2.32 bits per heavy atom. The first-order chi connectivity index (χ1) is 10.7. The van der Waals surface area contributed by atoms with Crippen LogP contribution < -0.4 is 10.6 Å². The average molecular weight is 294 g/mol. The highest BCUT2D eigenvalue weighted by Gasteiger charge is 2.28.